The Morgan fingerprint density at radius 2 is 1.75 bits per heavy atom. The number of amides is 1. The predicted octanol–water partition coefficient (Wildman–Crippen LogP) is 0.990. The average molecular weight is 768 g/mol. The zero-order valence-electron chi connectivity index (χ0n) is 28.5. The second-order valence-corrected chi connectivity index (χ2v) is 15.2. The van der Waals surface area contributed by atoms with Gasteiger partial charge in [-0.25, -0.2) is 0 Å². The van der Waals surface area contributed by atoms with Crippen LogP contribution in [-0.2, 0) is 24.4 Å². The first-order valence-electron chi connectivity index (χ1n) is 16.7. The maximum atomic E-state index is 12.6. The van der Waals surface area contributed by atoms with Crippen LogP contribution in [0.25, 0.3) is 22.0 Å². The van der Waals surface area contributed by atoms with Crippen molar-refractivity contribution < 1.29 is 40.5 Å². The molecule has 3 N–H and O–H groups in total. The molecule has 1 atom stereocenters. The number of carbonyl (C=O) groups excluding carboxylic acids is 1. The number of nitrogens with one attached hydrogen (secondary N) is 3. The van der Waals surface area contributed by atoms with Crippen molar-refractivity contribution in [1.29, 1.82) is 0 Å². The van der Waals surface area contributed by atoms with E-state index in [2.05, 4.69) is 90.2 Å². The number of hydrogen-bond acceptors (Lipinski definition) is 8. The van der Waals surface area contributed by atoms with Gasteiger partial charge in [-0.3, -0.25) is 4.79 Å². The van der Waals surface area contributed by atoms with Crippen LogP contribution in [0.5, 0.6) is 17.2 Å². The maximum absolute atomic E-state index is 12.6. The number of aromatic nitrogens is 1. The number of alkyl halides is 1. The standard InChI is InChI=1S/C37H48IN6O4/c1-26-6-8-31(36(16-26)48-4)33-24-43(13-5-10-41-37(45)34-21-39-11-12-40-34)35-9-7-27(19-32(33)35)22-42-14-15-44(38-25-42)23-28-17-29(46-2)20-30(18-28)47-3/h6-9,16-20,24,34,39-40H,5,10-15,21-23,25H2,1-4H3,(H,41,45)/q-1. The minimum atomic E-state index is -0.160. The van der Waals surface area contributed by atoms with E-state index in [1.165, 1.54) is 33.2 Å². The molecule has 0 saturated carbocycles. The molecule has 0 bridgehead atoms. The number of aryl methyl sites for hydroxylation is 2. The summed E-state index contributed by atoms with van der Waals surface area (Å²) in [4.78, 5) is 15.2. The molecule has 10 nitrogen and oxygen atoms in total. The number of hydrogen-bond donors (Lipinski definition) is 3. The number of carbonyl (C=O) groups is 1. The van der Waals surface area contributed by atoms with Gasteiger partial charge in [-0.2, -0.15) is 0 Å². The van der Waals surface area contributed by atoms with Crippen molar-refractivity contribution in [3.63, 3.8) is 0 Å². The molecule has 2 aliphatic heterocycles. The van der Waals surface area contributed by atoms with Crippen LogP contribution in [0.4, 0.5) is 0 Å². The number of ether oxygens (including phenoxy) is 3. The van der Waals surface area contributed by atoms with Crippen molar-refractivity contribution in [3.8, 4) is 28.4 Å². The van der Waals surface area contributed by atoms with Gasteiger partial charge in [0.2, 0.25) is 5.91 Å². The fourth-order valence-electron chi connectivity index (χ4n) is 6.46. The Morgan fingerprint density at radius 3 is 2.46 bits per heavy atom. The Labute approximate surface area is 294 Å². The van der Waals surface area contributed by atoms with Crippen molar-refractivity contribution in [2.75, 3.05) is 65.1 Å². The van der Waals surface area contributed by atoms with E-state index in [0.717, 1.165) is 79.6 Å². The SMILES string of the molecule is COc1cc(CN2CCN(Cc3ccc4c(c3)c(-c3ccc(C)cc3OC)cn4CCCNC(=O)C3CNCCN3)C[I-]2)cc(OC)c1. The first kappa shape index (κ1) is 34.5. The summed E-state index contributed by atoms with van der Waals surface area (Å²) in [6.45, 7) is 9.89. The van der Waals surface area contributed by atoms with E-state index >= 15 is 0 Å². The van der Waals surface area contributed by atoms with Crippen molar-refractivity contribution >= 4 is 16.8 Å². The molecule has 1 amide bonds. The molecule has 1 aromatic heterocycles. The molecule has 0 aliphatic carbocycles. The molecule has 6 rings (SSSR count). The number of rotatable bonds is 13. The molecule has 2 fully saturated rings. The molecule has 2 saturated heterocycles. The van der Waals surface area contributed by atoms with Crippen LogP contribution in [0.2, 0.25) is 0 Å². The summed E-state index contributed by atoms with van der Waals surface area (Å²) in [5.74, 6) is 2.63. The van der Waals surface area contributed by atoms with Crippen LogP contribution in [0.3, 0.4) is 0 Å². The molecular weight excluding hydrogens is 719 g/mol. The monoisotopic (exact) mass is 767 g/mol. The normalized spacial score (nSPS) is 17.5. The van der Waals surface area contributed by atoms with E-state index in [1.807, 2.05) is 6.07 Å². The molecule has 2 aliphatic rings. The third-order valence-electron chi connectivity index (χ3n) is 9.05. The number of benzene rings is 3. The number of nitrogens with zero attached hydrogens (tertiary/aromatic N) is 3. The summed E-state index contributed by atoms with van der Waals surface area (Å²) in [5, 5.41) is 10.9. The van der Waals surface area contributed by atoms with Crippen molar-refractivity contribution in [3.05, 3.63) is 77.5 Å². The molecule has 3 heterocycles. The van der Waals surface area contributed by atoms with Crippen LogP contribution in [0.15, 0.2) is 60.8 Å². The summed E-state index contributed by atoms with van der Waals surface area (Å²) >= 11 is -0.128. The molecule has 258 valence electrons. The van der Waals surface area contributed by atoms with Gasteiger partial charge in [0, 0.05) is 19.6 Å². The Kier molecular flexibility index (Phi) is 11.8. The fraction of sp³-hybridized carbons (Fsp3) is 0.432. The van der Waals surface area contributed by atoms with Gasteiger partial charge in [-0.15, -0.1) is 0 Å². The second-order valence-electron chi connectivity index (χ2n) is 12.5. The van der Waals surface area contributed by atoms with E-state index < -0.39 is 0 Å². The molecule has 0 radical (unpaired) electrons. The van der Waals surface area contributed by atoms with Gasteiger partial charge in [0.25, 0.3) is 0 Å². The zero-order chi connectivity index (χ0) is 33.5. The summed E-state index contributed by atoms with van der Waals surface area (Å²) in [6.07, 6.45) is 3.10. The van der Waals surface area contributed by atoms with E-state index in [-0.39, 0.29) is 33.4 Å². The first-order valence-corrected chi connectivity index (χ1v) is 19.2. The van der Waals surface area contributed by atoms with Crippen LogP contribution in [0, 0.1) is 6.92 Å². The van der Waals surface area contributed by atoms with Crippen molar-refractivity contribution in [2.24, 2.45) is 0 Å². The Morgan fingerprint density at radius 1 is 0.917 bits per heavy atom. The number of methoxy groups -OCH3 is 3. The van der Waals surface area contributed by atoms with Gasteiger partial charge in [-0.05, 0) is 0 Å². The number of piperazine rings is 1. The van der Waals surface area contributed by atoms with E-state index in [9.17, 15) is 4.79 Å². The summed E-state index contributed by atoms with van der Waals surface area (Å²) < 4.78 is 22.9. The van der Waals surface area contributed by atoms with Gasteiger partial charge in [0.05, 0.1) is 6.04 Å². The van der Waals surface area contributed by atoms with Crippen LogP contribution < -0.4 is 51.6 Å². The van der Waals surface area contributed by atoms with Crippen LogP contribution >= 0.6 is 0 Å². The predicted molar refractivity (Wildman–Crippen MR) is 186 cm³/mol. The van der Waals surface area contributed by atoms with Gasteiger partial charge >= 0.3 is 249 Å². The molecule has 0 spiro atoms. The Bertz CT molecular complexity index is 1670. The molecule has 48 heavy (non-hydrogen) atoms. The Balaban J connectivity index is 1.14. The van der Waals surface area contributed by atoms with Crippen LogP contribution in [0.1, 0.15) is 23.1 Å². The quantitative estimate of drug-likeness (QED) is 0.0611. The molecule has 4 aromatic rings. The van der Waals surface area contributed by atoms with E-state index in [1.54, 1.807) is 21.3 Å². The van der Waals surface area contributed by atoms with E-state index in [0.29, 0.717) is 13.1 Å². The molecule has 1 unspecified atom stereocenters. The van der Waals surface area contributed by atoms with Crippen molar-refractivity contribution in [1.82, 2.24) is 28.5 Å². The van der Waals surface area contributed by atoms with Gasteiger partial charge in [0.15, 0.2) is 0 Å². The summed E-state index contributed by atoms with van der Waals surface area (Å²) in [5.41, 5.74) is 7.20. The number of halogens is 1. The van der Waals surface area contributed by atoms with Gasteiger partial charge in [-0.1, -0.05) is 0 Å². The fourth-order valence-corrected chi connectivity index (χ4v) is 9.10. The molecule has 11 heteroatoms. The Hall–Kier alpha value is -3.36. The first-order chi connectivity index (χ1) is 23.4. The molecule has 3 aromatic carbocycles. The summed E-state index contributed by atoms with van der Waals surface area (Å²) in [7, 11) is 5.15. The third kappa shape index (κ3) is 8.43. The molecular formula is C37H48IN6O4-. The second kappa shape index (κ2) is 16.4. The van der Waals surface area contributed by atoms with Gasteiger partial charge in [0.1, 0.15) is 0 Å². The zero-order valence-corrected chi connectivity index (χ0v) is 30.6. The number of fused-ring (bicyclic) bond motifs is 1. The third-order valence-corrected chi connectivity index (χ3v) is 12.1. The summed E-state index contributed by atoms with van der Waals surface area (Å²) in [6, 6.07) is 19.4. The minimum absolute atomic E-state index is 0.0677. The van der Waals surface area contributed by atoms with Crippen molar-refractivity contribution in [2.45, 2.75) is 39.0 Å². The van der Waals surface area contributed by atoms with Crippen LogP contribution in [-0.4, -0.2) is 89.7 Å². The van der Waals surface area contributed by atoms with Gasteiger partial charge < -0.3 is 10.6 Å². The van der Waals surface area contributed by atoms with E-state index in [4.69, 9.17) is 14.2 Å². The topological polar surface area (TPSA) is 92.3 Å². The average Bonchev–Trinajstić information content (AvgIpc) is 3.48.